The third-order valence-electron chi connectivity index (χ3n) is 3.73. The molecule has 0 unspecified atom stereocenters. The van der Waals surface area contributed by atoms with Gasteiger partial charge < -0.3 is 0 Å². The fourth-order valence-electron chi connectivity index (χ4n) is 2.05. The fourth-order valence-corrected chi connectivity index (χ4v) is 2.05. The molecule has 1 aliphatic carbocycles. The number of hydrogen-bond acceptors (Lipinski definition) is 1. The summed E-state index contributed by atoms with van der Waals surface area (Å²) in [6.45, 7) is 9.18. The van der Waals surface area contributed by atoms with Crippen molar-refractivity contribution in [2.24, 2.45) is 0 Å². The molecule has 0 aliphatic heterocycles. The van der Waals surface area contributed by atoms with Gasteiger partial charge in [-0.1, -0.05) is 27.7 Å². The molecule has 0 amide bonds. The molecule has 1 aromatic heterocycles. The lowest BCUT2D eigenvalue weighted by Gasteiger charge is -2.53. The lowest BCUT2D eigenvalue weighted by molar-refractivity contribution is 0.241. The second kappa shape index (κ2) is 1.90. The molecule has 12 heavy (non-hydrogen) atoms. The summed E-state index contributed by atoms with van der Waals surface area (Å²) in [5, 5.41) is 0. The van der Waals surface area contributed by atoms with E-state index in [2.05, 4.69) is 38.7 Å². The van der Waals surface area contributed by atoms with Gasteiger partial charge in [-0.05, 0) is 22.6 Å². The maximum absolute atomic E-state index is 4.16. The molecule has 0 radical (unpaired) electrons. The van der Waals surface area contributed by atoms with E-state index in [0.29, 0.717) is 5.41 Å². The molecule has 1 nitrogen and oxygen atoms in total. The summed E-state index contributed by atoms with van der Waals surface area (Å²) < 4.78 is 0. The molecule has 0 fully saturated rings. The predicted octanol–water partition coefficient (Wildman–Crippen LogP) is 2.65. The van der Waals surface area contributed by atoms with E-state index < -0.39 is 0 Å². The molecule has 0 saturated heterocycles. The summed E-state index contributed by atoms with van der Waals surface area (Å²) in [6, 6.07) is 2.14. The average molecular weight is 161 g/mol. The van der Waals surface area contributed by atoms with Crippen LogP contribution in [0.25, 0.3) is 0 Å². The fraction of sp³-hybridized carbons (Fsp3) is 0.545. The molecule has 0 aromatic carbocycles. The van der Waals surface area contributed by atoms with Gasteiger partial charge in [-0.3, -0.25) is 4.98 Å². The molecule has 0 bridgehead atoms. The second-order valence-corrected chi connectivity index (χ2v) is 4.67. The summed E-state index contributed by atoms with van der Waals surface area (Å²) in [6.07, 6.45) is 3.89. The van der Waals surface area contributed by atoms with Crippen LogP contribution in [0.4, 0.5) is 0 Å². The van der Waals surface area contributed by atoms with E-state index in [4.69, 9.17) is 0 Å². The molecular weight excluding hydrogens is 146 g/mol. The lowest BCUT2D eigenvalue weighted by Crippen LogP contribution is -2.50. The monoisotopic (exact) mass is 161 g/mol. The van der Waals surface area contributed by atoms with E-state index in [-0.39, 0.29) is 5.41 Å². The van der Waals surface area contributed by atoms with Crippen LogP contribution in [0.5, 0.6) is 0 Å². The SMILES string of the molecule is CC1(C)c2ccncc2C1(C)C. The second-order valence-electron chi connectivity index (χ2n) is 4.67. The zero-order chi connectivity index (χ0) is 8.98. The van der Waals surface area contributed by atoms with E-state index in [1.807, 2.05) is 12.4 Å². The van der Waals surface area contributed by atoms with Crippen molar-refractivity contribution in [3.05, 3.63) is 29.6 Å². The Bertz CT molecular complexity index is 291. The van der Waals surface area contributed by atoms with Gasteiger partial charge in [-0.25, -0.2) is 0 Å². The molecule has 0 spiro atoms. The summed E-state index contributed by atoms with van der Waals surface area (Å²) in [7, 11) is 0. The quantitative estimate of drug-likeness (QED) is 0.570. The van der Waals surface area contributed by atoms with E-state index in [9.17, 15) is 0 Å². The minimum absolute atomic E-state index is 0.288. The van der Waals surface area contributed by atoms with Crippen LogP contribution in [0.1, 0.15) is 38.8 Å². The Morgan fingerprint density at radius 1 is 1.00 bits per heavy atom. The van der Waals surface area contributed by atoms with Crippen LogP contribution in [0, 0.1) is 0 Å². The zero-order valence-corrected chi connectivity index (χ0v) is 8.18. The van der Waals surface area contributed by atoms with Crippen molar-refractivity contribution in [3.8, 4) is 0 Å². The highest BCUT2D eigenvalue weighted by molar-refractivity contribution is 5.50. The third-order valence-corrected chi connectivity index (χ3v) is 3.73. The summed E-state index contributed by atoms with van der Waals surface area (Å²) >= 11 is 0. The molecule has 1 aromatic rings. The maximum Gasteiger partial charge on any atom is 0.0308 e. The molecule has 1 heterocycles. The largest absolute Gasteiger partial charge is 0.264 e. The highest BCUT2D eigenvalue weighted by Gasteiger charge is 2.50. The van der Waals surface area contributed by atoms with Crippen molar-refractivity contribution < 1.29 is 0 Å². The van der Waals surface area contributed by atoms with Gasteiger partial charge >= 0.3 is 0 Å². The Hall–Kier alpha value is -0.850. The van der Waals surface area contributed by atoms with Crippen LogP contribution in [0.2, 0.25) is 0 Å². The van der Waals surface area contributed by atoms with Crippen LogP contribution in [0.15, 0.2) is 18.5 Å². The third kappa shape index (κ3) is 0.626. The highest BCUT2D eigenvalue weighted by Crippen LogP contribution is 2.54. The lowest BCUT2D eigenvalue weighted by atomic mass is 9.50. The van der Waals surface area contributed by atoms with Crippen molar-refractivity contribution in [3.63, 3.8) is 0 Å². The number of hydrogen-bond donors (Lipinski definition) is 0. The van der Waals surface area contributed by atoms with Crippen molar-refractivity contribution in [2.75, 3.05) is 0 Å². The van der Waals surface area contributed by atoms with Gasteiger partial charge in [0.15, 0.2) is 0 Å². The average Bonchev–Trinajstić information content (AvgIpc) is 2.04. The number of aromatic nitrogens is 1. The van der Waals surface area contributed by atoms with Crippen molar-refractivity contribution >= 4 is 0 Å². The summed E-state index contributed by atoms with van der Waals surface area (Å²) in [4.78, 5) is 4.16. The van der Waals surface area contributed by atoms with E-state index >= 15 is 0 Å². The molecule has 0 saturated carbocycles. The smallest absolute Gasteiger partial charge is 0.0308 e. The Morgan fingerprint density at radius 2 is 1.58 bits per heavy atom. The van der Waals surface area contributed by atoms with Crippen LogP contribution in [-0.4, -0.2) is 4.98 Å². The normalized spacial score (nSPS) is 22.7. The minimum atomic E-state index is 0.288. The van der Waals surface area contributed by atoms with Crippen LogP contribution in [0.3, 0.4) is 0 Å². The van der Waals surface area contributed by atoms with Crippen LogP contribution >= 0.6 is 0 Å². The highest BCUT2D eigenvalue weighted by atomic mass is 14.7. The summed E-state index contributed by atoms with van der Waals surface area (Å²) in [5.74, 6) is 0. The van der Waals surface area contributed by atoms with Crippen LogP contribution in [-0.2, 0) is 10.8 Å². The van der Waals surface area contributed by atoms with E-state index in [1.54, 1.807) is 0 Å². The van der Waals surface area contributed by atoms with Gasteiger partial charge in [-0.15, -0.1) is 0 Å². The first-order valence-corrected chi connectivity index (χ1v) is 4.43. The molecule has 1 aliphatic rings. The maximum atomic E-state index is 4.16. The first kappa shape index (κ1) is 7.78. The Morgan fingerprint density at radius 3 is 2.17 bits per heavy atom. The van der Waals surface area contributed by atoms with Gasteiger partial charge in [0.05, 0.1) is 0 Å². The molecular formula is C11H15N. The van der Waals surface area contributed by atoms with Crippen molar-refractivity contribution in [1.82, 2.24) is 4.98 Å². The molecule has 0 atom stereocenters. The number of nitrogens with zero attached hydrogens (tertiary/aromatic N) is 1. The zero-order valence-electron chi connectivity index (χ0n) is 8.18. The van der Waals surface area contributed by atoms with Gasteiger partial charge in [0.2, 0.25) is 0 Å². The van der Waals surface area contributed by atoms with E-state index in [1.165, 1.54) is 11.1 Å². The van der Waals surface area contributed by atoms with Gasteiger partial charge in [0.25, 0.3) is 0 Å². The topological polar surface area (TPSA) is 12.9 Å². The molecule has 0 N–H and O–H groups in total. The van der Waals surface area contributed by atoms with Crippen molar-refractivity contribution in [1.29, 1.82) is 0 Å². The Balaban J connectivity index is 2.64. The number of rotatable bonds is 0. The molecule has 64 valence electrons. The predicted molar refractivity (Wildman–Crippen MR) is 50.3 cm³/mol. The summed E-state index contributed by atoms with van der Waals surface area (Å²) in [5.41, 5.74) is 3.47. The Labute approximate surface area is 73.8 Å². The van der Waals surface area contributed by atoms with Crippen LogP contribution < -0.4 is 0 Å². The first-order valence-electron chi connectivity index (χ1n) is 4.43. The minimum Gasteiger partial charge on any atom is -0.264 e. The number of pyridine rings is 1. The number of fused-ring (bicyclic) bond motifs is 1. The first-order chi connectivity index (χ1) is 5.48. The van der Waals surface area contributed by atoms with Crippen molar-refractivity contribution in [2.45, 2.75) is 38.5 Å². The van der Waals surface area contributed by atoms with Gasteiger partial charge in [0.1, 0.15) is 0 Å². The standard InChI is InChI=1S/C11H15N/c1-10(2)8-5-6-12-7-9(8)11(10,3)4/h5-7H,1-4H3. The molecule has 2 rings (SSSR count). The van der Waals surface area contributed by atoms with Gasteiger partial charge in [0, 0.05) is 17.8 Å². The Kier molecular flexibility index (Phi) is 1.23. The molecule has 1 heteroatoms. The van der Waals surface area contributed by atoms with Gasteiger partial charge in [-0.2, -0.15) is 0 Å². The van der Waals surface area contributed by atoms with E-state index in [0.717, 1.165) is 0 Å².